The second-order valence-corrected chi connectivity index (χ2v) is 6.13. The van der Waals surface area contributed by atoms with E-state index in [1.807, 2.05) is 0 Å². The van der Waals surface area contributed by atoms with E-state index in [-0.39, 0.29) is 0 Å². The van der Waals surface area contributed by atoms with Crippen molar-refractivity contribution in [3.05, 3.63) is 0 Å². The lowest BCUT2D eigenvalue weighted by Gasteiger charge is -2.35. The van der Waals surface area contributed by atoms with Gasteiger partial charge in [0.1, 0.15) is 0 Å². The van der Waals surface area contributed by atoms with Crippen molar-refractivity contribution in [3.8, 4) is 0 Å². The first-order valence-electron chi connectivity index (χ1n) is 7.84. The number of ether oxygens (including phenoxy) is 1. The molecule has 0 saturated carbocycles. The highest BCUT2D eigenvalue weighted by atomic mass is 16.5. The largest absolute Gasteiger partial charge is 0.379 e. The molecule has 3 heteroatoms. The summed E-state index contributed by atoms with van der Waals surface area (Å²) in [7, 11) is 0. The predicted octanol–water partition coefficient (Wildman–Crippen LogP) is 2.41. The average Bonchev–Trinajstić information content (AvgIpc) is 2.80. The van der Waals surface area contributed by atoms with Gasteiger partial charge in [-0.25, -0.2) is 0 Å². The van der Waals surface area contributed by atoms with Gasteiger partial charge in [0, 0.05) is 18.7 Å². The molecule has 0 aliphatic carbocycles. The van der Waals surface area contributed by atoms with Crippen LogP contribution in [0.25, 0.3) is 0 Å². The van der Waals surface area contributed by atoms with Gasteiger partial charge in [0.05, 0.1) is 6.10 Å². The van der Waals surface area contributed by atoms with Crippen molar-refractivity contribution in [2.24, 2.45) is 0 Å². The Morgan fingerprint density at radius 3 is 2.94 bits per heavy atom. The van der Waals surface area contributed by atoms with Gasteiger partial charge in [0.15, 0.2) is 0 Å². The van der Waals surface area contributed by atoms with Crippen LogP contribution in [0, 0.1) is 0 Å². The van der Waals surface area contributed by atoms with Gasteiger partial charge in [0.25, 0.3) is 0 Å². The quantitative estimate of drug-likeness (QED) is 0.706. The standard InChI is InChI=1S/C15H30N2O/c1-13(2)18-11-4-3-8-16-14-7-10-17-9-5-6-15(17)12-14/h13-16H,3-12H2,1-2H3. The summed E-state index contributed by atoms with van der Waals surface area (Å²) >= 11 is 0. The van der Waals surface area contributed by atoms with Crippen LogP contribution in [-0.2, 0) is 4.74 Å². The highest BCUT2D eigenvalue weighted by Crippen LogP contribution is 2.26. The van der Waals surface area contributed by atoms with E-state index in [1.54, 1.807) is 0 Å². The Morgan fingerprint density at radius 1 is 1.22 bits per heavy atom. The Hall–Kier alpha value is -0.120. The van der Waals surface area contributed by atoms with E-state index in [9.17, 15) is 0 Å². The summed E-state index contributed by atoms with van der Waals surface area (Å²) in [6, 6.07) is 1.66. The molecule has 0 aromatic rings. The van der Waals surface area contributed by atoms with Gasteiger partial charge in [-0.3, -0.25) is 0 Å². The molecule has 2 aliphatic heterocycles. The second-order valence-electron chi connectivity index (χ2n) is 6.13. The number of hydrogen-bond donors (Lipinski definition) is 1. The van der Waals surface area contributed by atoms with Crippen LogP contribution < -0.4 is 5.32 Å². The second kappa shape index (κ2) is 7.46. The first kappa shape index (κ1) is 14.3. The van der Waals surface area contributed by atoms with Crippen LogP contribution in [0.3, 0.4) is 0 Å². The molecule has 0 aromatic carbocycles. The van der Waals surface area contributed by atoms with E-state index < -0.39 is 0 Å². The summed E-state index contributed by atoms with van der Waals surface area (Å²) in [5.41, 5.74) is 0. The Balaban J connectivity index is 1.49. The van der Waals surface area contributed by atoms with Crippen molar-refractivity contribution in [3.63, 3.8) is 0 Å². The zero-order valence-electron chi connectivity index (χ0n) is 12.2. The smallest absolute Gasteiger partial charge is 0.0518 e. The molecule has 1 N–H and O–H groups in total. The predicted molar refractivity (Wildman–Crippen MR) is 75.9 cm³/mol. The molecular weight excluding hydrogens is 224 g/mol. The Bertz CT molecular complexity index is 233. The highest BCUT2D eigenvalue weighted by Gasteiger charge is 2.31. The Labute approximate surface area is 112 Å². The third-order valence-corrected chi connectivity index (χ3v) is 4.28. The summed E-state index contributed by atoms with van der Waals surface area (Å²) in [6.45, 7) is 8.96. The van der Waals surface area contributed by atoms with Crippen molar-refractivity contribution in [1.29, 1.82) is 0 Å². The monoisotopic (exact) mass is 254 g/mol. The maximum atomic E-state index is 5.56. The van der Waals surface area contributed by atoms with Crippen LogP contribution in [-0.4, -0.2) is 49.3 Å². The molecule has 0 spiro atoms. The molecule has 2 saturated heterocycles. The molecule has 2 rings (SSSR count). The van der Waals surface area contributed by atoms with E-state index in [0.29, 0.717) is 6.10 Å². The number of unbranched alkanes of at least 4 members (excludes halogenated alkanes) is 1. The topological polar surface area (TPSA) is 24.5 Å². The van der Waals surface area contributed by atoms with Crippen molar-refractivity contribution in [2.75, 3.05) is 26.2 Å². The molecule has 0 amide bonds. The molecule has 0 aromatic heterocycles. The van der Waals surface area contributed by atoms with Gasteiger partial charge in [-0.2, -0.15) is 0 Å². The van der Waals surface area contributed by atoms with E-state index >= 15 is 0 Å². The van der Waals surface area contributed by atoms with Crippen LogP contribution in [0.5, 0.6) is 0 Å². The van der Waals surface area contributed by atoms with E-state index in [2.05, 4.69) is 24.1 Å². The molecule has 2 fully saturated rings. The normalized spacial score (nSPS) is 28.8. The molecule has 2 atom stereocenters. The van der Waals surface area contributed by atoms with Crippen LogP contribution in [0.4, 0.5) is 0 Å². The van der Waals surface area contributed by atoms with Gasteiger partial charge in [0.2, 0.25) is 0 Å². The average molecular weight is 254 g/mol. The zero-order chi connectivity index (χ0) is 12.8. The van der Waals surface area contributed by atoms with Crippen LogP contribution in [0.1, 0.15) is 52.4 Å². The van der Waals surface area contributed by atoms with Crippen LogP contribution in [0.2, 0.25) is 0 Å². The summed E-state index contributed by atoms with van der Waals surface area (Å²) in [5, 5.41) is 3.74. The molecule has 3 nitrogen and oxygen atoms in total. The third kappa shape index (κ3) is 4.52. The molecule has 0 bridgehead atoms. The molecular formula is C15H30N2O. The number of nitrogens with zero attached hydrogens (tertiary/aromatic N) is 1. The van der Waals surface area contributed by atoms with Gasteiger partial charge in [-0.05, 0) is 72.0 Å². The number of piperidine rings is 1. The third-order valence-electron chi connectivity index (χ3n) is 4.28. The molecule has 106 valence electrons. The van der Waals surface area contributed by atoms with Gasteiger partial charge < -0.3 is 15.0 Å². The summed E-state index contributed by atoms with van der Waals surface area (Å²) in [5.74, 6) is 0. The fraction of sp³-hybridized carbons (Fsp3) is 1.00. The maximum absolute atomic E-state index is 5.56. The summed E-state index contributed by atoms with van der Waals surface area (Å²) < 4.78 is 5.56. The van der Waals surface area contributed by atoms with Crippen molar-refractivity contribution in [2.45, 2.75) is 70.6 Å². The highest BCUT2D eigenvalue weighted by molar-refractivity contribution is 4.89. The van der Waals surface area contributed by atoms with Crippen LogP contribution >= 0.6 is 0 Å². The fourth-order valence-electron chi connectivity index (χ4n) is 3.26. The molecule has 2 unspecified atom stereocenters. The molecule has 18 heavy (non-hydrogen) atoms. The minimum Gasteiger partial charge on any atom is -0.379 e. The number of rotatable bonds is 7. The zero-order valence-corrected chi connectivity index (χ0v) is 12.2. The first-order chi connectivity index (χ1) is 8.75. The Kier molecular flexibility index (Phi) is 5.93. The minimum absolute atomic E-state index is 0.379. The summed E-state index contributed by atoms with van der Waals surface area (Å²) in [4.78, 5) is 2.69. The van der Waals surface area contributed by atoms with Gasteiger partial charge in [-0.1, -0.05) is 0 Å². The van der Waals surface area contributed by atoms with E-state index in [1.165, 1.54) is 58.2 Å². The van der Waals surface area contributed by atoms with Crippen molar-refractivity contribution < 1.29 is 4.74 Å². The first-order valence-corrected chi connectivity index (χ1v) is 7.84. The molecule has 0 radical (unpaired) electrons. The maximum Gasteiger partial charge on any atom is 0.0518 e. The van der Waals surface area contributed by atoms with Gasteiger partial charge >= 0.3 is 0 Å². The minimum atomic E-state index is 0.379. The van der Waals surface area contributed by atoms with Gasteiger partial charge in [-0.15, -0.1) is 0 Å². The number of nitrogens with one attached hydrogen (secondary N) is 1. The van der Waals surface area contributed by atoms with E-state index in [4.69, 9.17) is 4.74 Å². The number of fused-ring (bicyclic) bond motifs is 1. The SMILES string of the molecule is CC(C)OCCCCNC1CCN2CCCC2C1. The van der Waals surface area contributed by atoms with Crippen molar-refractivity contribution in [1.82, 2.24) is 10.2 Å². The Morgan fingerprint density at radius 2 is 2.11 bits per heavy atom. The van der Waals surface area contributed by atoms with E-state index in [0.717, 1.165) is 18.7 Å². The lowest BCUT2D eigenvalue weighted by atomic mass is 9.97. The molecule has 2 heterocycles. The number of hydrogen-bond acceptors (Lipinski definition) is 3. The lowest BCUT2D eigenvalue weighted by Crippen LogP contribution is -2.45. The lowest BCUT2D eigenvalue weighted by molar-refractivity contribution is 0.0757. The van der Waals surface area contributed by atoms with Crippen LogP contribution in [0.15, 0.2) is 0 Å². The summed E-state index contributed by atoms with van der Waals surface area (Å²) in [6.07, 6.45) is 8.39. The fourth-order valence-corrected chi connectivity index (χ4v) is 3.26. The molecule has 2 aliphatic rings. The van der Waals surface area contributed by atoms with Crippen molar-refractivity contribution >= 4 is 0 Å².